The summed E-state index contributed by atoms with van der Waals surface area (Å²) in [5.74, 6) is -1.78. The lowest BCUT2D eigenvalue weighted by Crippen LogP contribution is -2.45. The number of ether oxygens (including phenoxy) is 2. The van der Waals surface area contributed by atoms with Crippen molar-refractivity contribution in [2.75, 3.05) is 39.5 Å². The van der Waals surface area contributed by atoms with E-state index in [0.29, 0.717) is 26.2 Å². The smallest absolute Gasteiger partial charge is 0.407 e. The van der Waals surface area contributed by atoms with Gasteiger partial charge in [-0.05, 0) is 28.7 Å². The molecule has 3 atom stereocenters. The monoisotopic (exact) mass is 478 g/mol. The first-order valence-electron chi connectivity index (χ1n) is 12.1. The van der Waals surface area contributed by atoms with Crippen molar-refractivity contribution in [3.05, 3.63) is 59.7 Å². The number of nitrogens with one attached hydrogen (secondary N) is 1. The van der Waals surface area contributed by atoms with Gasteiger partial charge in [0.1, 0.15) is 6.61 Å². The molecule has 2 amide bonds. The predicted molar refractivity (Wildman–Crippen MR) is 128 cm³/mol. The Morgan fingerprint density at radius 1 is 1.14 bits per heavy atom. The highest BCUT2D eigenvalue weighted by Gasteiger charge is 2.55. The van der Waals surface area contributed by atoms with Crippen LogP contribution < -0.4 is 5.32 Å². The topological polar surface area (TPSA) is 105 Å². The summed E-state index contributed by atoms with van der Waals surface area (Å²) in [6.07, 6.45) is -0.166. The molecule has 8 heteroatoms. The molecular weight excluding hydrogens is 448 g/mol. The molecule has 0 bridgehead atoms. The summed E-state index contributed by atoms with van der Waals surface area (Å²) in [6.45, 7) is 3.35. The maximum atomic E-state index is 13.0. The lowest BCUT2D eigenvalue weighted by atomic mass is 9.74. The van der Waals surface area contributed by atoms with Gasteiger partial charge < -0.3 is 24.8 Å². The molecule has 0 spiro atoms. The van der Waals surface area contributed by atoms with Crippen molar-refractivity contribution in [1.29, 1.82) is 0 Å². The number of amides is 2. The Hall–Kier alpha value is -3.39. The van der Waals surface area contributed by atoms with Crippen LogP contribution in [-0.2, 0) is 19.1 Å². The maximum absolute atomic E-state index is 13.0. The normalized spacial score (nSPS) is 23.7. The standard InChI is InChI=1S/C27H30N2O6/c1-17(24(30)29-13-18-14-34-11-10-27(18,16-29)25(31)32)12-28-26(33)35-15-23-21-8-4-2-6-19(21)20-7-3-5-9-22(20)23/h2-9,17-18,23H,10-16H2,1H3,(H,28,33)(H,31,32)/t17?,18-,27+/m0/s1. The molecule has 2 heterocycles. The lowest BCUT2D eigenvalue weighted by Gasteiger charge is -2.33. The minimum Gasteiger partial charge on any atom is -0.481 e. The fourth-order valence-electron chi connectivity index (χ4n) is 5.75. The van der Waals surface area contributed by atoms with Gasteiger partial charge in [-0.2, -0.15) is 0 Å². The van der Waals surface area contributed by atoms with Crippen LogP contribution in [0.3, 0.4) is 0 Å². The first kappa shape index (κ1) is 23.4. The van der Waals surface area contributed by atoms with Gasteiger partial charge in [0.25, 0.3) is 0 Å². The van der Waals surface area contributed by atoms with Crippen molar-refractivity contribution >= 4 is 18.0 Å². The van der Waals surface area contributed by atoms with Gasteiger partial charge in [0.2, 0.25) is 5.91 Å². The Morgan fingerprint density at radius 2 is 1.80 bits per heavy atom. The Kier molecular flexibility index (Phi) is 6.23. The summed E-state index contributed by atoms with van der Waals surface area (Å²) in [4.78, 5) is 39.1. The molecule has 2 aromatic carbocycles. The number of hydrogen-bond acceptors (Lipinski definition) is 5. The number of benzene rings is 2. The van der Waals surface area contributed by atoms with E-state index in [4.69, 9.17) is 9.47 Å². The van der Waals surface area contributed by atoms with Crippen molar-refractivity contribution in [3.8, 4) is 11.1 Å². The van der Waals surface area contributed by atoms with Crippen LogP contribution in [0.25, 0.3) is 11.1 Å². The van der Waals surface area contributed by atoms with Crippen LogP contribution in [0.2, 0.25) is 0 Å². The zero-order valence-corrected chi connectivity index (χ0v) is 19.7. The van der Waals surface area contributed by atoms with E-state index >= 15 is 0 Å². The Bertz CT molecular complexity index is 1100. The highest BCUT2D eigenvalue weighted by molar-refractivity contribution is 5.83. The van der Waals surface area contributed by atoms with Gasteiger partial charge in [0, 0.05) is 38.1 Å². The minimum absolute atomic E-state index is 0.0328. The van der Waals surface area contributed by atoms with E-state index in [1.165, 1.54) is 0 Å². The number of likely N-dealkylation sites (tertiary alicyclic amines) is 1. The second-order valence-corrected chi connectivity index (χ2v) is 9.81. The van der Waals surface area contributed by atoms with Crippen LogP contribution in [0.1, 0.15) is 30.4 Å². The average Bonchev–Trinajstić information content (AvgIpc) is 3.43. The van der Waals surface area contributed by atoms with Gasteiger partial charge in [-0.15, -0.1) is 0 Å². The second-order valence-electron chi connectivity index (χ2n) is 9.81. The van der Waals surface area contributed by atoms with Crippen LogP contribution >= 0.6 is 0 Å². The third kappa shape index (κ3) is 4.16. The summed E-state index contributed by atoms with van der Waals surface area (Å²) >= 11 is 0. The number of carbonyl (C=O) groups excluding carboxylic acids is 2. The molecule has 2 N–H and O–H groups in total. The summed E-state index contributed by atoms with van der Waals surface area (Å²) in [5.41, 5.74) is 3.65. The summed E-state index contributed by atoms with van der Waals surface area (Å²) in [6, 6.07) is 16.3. The molecule has 8 nitrogen and oxygen atoms in total. The van der Waals surface area contributed by atoms with E-state index in [0.717, 1.165) is 22.3 Å². The first-order valence-corrected chi connectivity index (χ1v) is 12.1. The third-order valence-electron chi connectivity index (χ3n) is 7.76. The number of carbonyl (C=O) groups is 3. The lowest BCUT2D eigenvalue weighted by molar-refractivity contribution is -0.157. The molecule has 0 radical (unpaired) electrons. The number of carboxylic acid groups (broad SMARTS) is 1. The quantitative estimate of drug-likeness (QED) is 0.661. The van der Waals surface area contributed by atoms with Crippen molar-refractivity contribution in [2.45, 2.75) is 19.3 Å². The van der Waals surface area contributed by atoms with Crippen LogP contribution in [-0.4, -0.2) is 67.4 Å². The van der Waals surface area contributed by atoms with Crippen molar-refractivity contribution in [1.82, 2.24) is 10.2 Å². The largest absolute Gasteiger partial charge is 0.481 e. The highest BCUT2D eigenvalue weighted by Crippen LogP contribution is 2.45. The van der Waals surface area contributed by atoms with Gasteiger partial charge in [0.15, 0.2) is 0 Å². The van der Waals surface area contributed by atoms with E-state index in [1.54, 1.807) is 11.8 Å². The number of fused-ring (bicyclic) bond motifs is 4. The molecule has 184 valence electrons. The maximum Gasteiger partial charge on any atom is 0.407 e. The average molecular weight is 479 g/mol. The van der Waals surface area contributed by atoms with Gasteiger partial charge in [0.05, 0.1) is 17.9 Å². The van der Waals surface area contributed by atoms with Crippen LogP contribution in [0.4, 0.5) is 4.79 Å². The molecule has 35 heavy (non-hydrogen) atoms. The summed E-state index contributed by atoms with van der Waals surface area (Å²) < 4.78 is 11.0. The second kappa shape index (κ2) is 9.34. The fourth-order valence-corrected chi connectivity index (χ4v) is 5.75. The molecule has 5 rings (SSSR count). The van der Waals surface area contributed by atoms with E-state index in [-0.39, 0.29) is 37.4 Å². The van der Waals surface area contributed by atoms with Gasteiger partial charge in [-0.25, -0.2) is 4.79 Å². The zero-order valence-electron chi connectivity index (χ0n) is 19.7. The highest BCUT2D eigenvalue weighted by atomic mass is 16.5. The van der Waals surface area contributed by atoms with E-state index in [1.807, 2.05) is 24.3 Å². The molecule has 1 unspecified atom stereocenters. The third-order valence-corrected chi connectivity index (χ3v) is 7.76. The molecule has 2 aliphatic heterocycles. The number of nitrogens with zero attached hydrogens (tertiary/aromatic N) is 1. The molecule has 3 aliphatic rings. The first-order chi connectivity index (χ1) is 16.9. The molecule has 0 saturated carbocycles. The van der Waals surface area contributed by atoms with Crippen LogP contribution in [0.5, 0.6) is 0 Å². The molecule has 2 fully saturated rings. The van der Waals surface area contributed by atoms with E-state index in [2.05, 4.69) is 29.6 Å². The number of alkyl carbamates (subject to hydrolysis) is 1. The van der Waals surface area contributed by atoms with Gasteiger partial charge >= 0.3 is 12.1 Å². The van der Waals surface area contributed by atoms with Crippen molar-refractivity contribution in [3.63, 3.8) is 0 Å². The van der Waals surface area contributed by atoms with E-state index in [9.17, 15) is 19.5 Å². The number of rotatable bonds is 6. The fraction of sp³-hybridized carbons (Fsp3) is 0.444. The SMILES string of the molecule is CC(CNC(=O)OCC1c2ccccc2-c2ccccc21)C(=O)N1C[C@H]2COCC[C@@]2(C(=O)O)C1. The zero-order chi connectivity index (χ0) is 24.6. The molecule has 1 aliphatic carbocycles. The molecular formula is C27H30N2O6. The van der Waals surface area contributed by atoms with Crippen molar-refractivity contribution < 1.29 is 29.0 Å². The van der Waals surface area contributed by atoms with Crippen LogP contribution in [0.15, 0.2) is 48.5 Å². The Balaban J connectivity index is 1.15. The van der Waals surface area contributed by atoms with Crippen LogP contribution in [0, 0.1) is 17.3 Å². The van der Waals surface area contributed by atoms with Crippen molar-refractivity contribution in [2.24, 2.45) is 17.3 Å². The van der Waals surface area contributed by atoms with Gasteiger partial charge in [-0.3, -0.25) is 9.59 Å². The summed E-state index contributed by atoms with van der Waals surface area (Å²) in [7, 11) is 0. The minimum atomic E-state index is -0.937. The predicted octanol–water partition coefficient (Wildman–Crippen LogP) is 3.11. The molecule has 2 aromatic rings. The Labute approximate surface area is 204 Å². The number of hydrogen-bond donors (Lipinski definition) is 2. The van der Waals surface area contributed by atoms with Gasteiger partial charge in [-0.1, -0.05) is 55.5 Å². The molecule has 2 saturated heterocycles. The number of aliphatic carboxylic acids is 1. The summed E-state index contributed by atoms with van der Waals surface area (Å²) in [5, 5.41) is 12.5. The Morgan fingerprint density at radius 3 is 2.43 bits per heavy atom. The number of carboxylic acids is 1. The molecule has 0 aromatic heterocycles. The van der Waals surface area contributed by atoms with E-state index < -0.39 is 23.4 Å².